The number of carboxylic acids is 1. The molecule has 3 aromatic rings. The molecular weight excluding hydrogens is 524 g/mol. The van der Waals surface area contributed by atoms with Crippen LogP contribution in [0.15, 0.2) is 60.7 Å². The third-order valence-electron chi connectivity index (χ3n) is 7.32. The molecule has 7 heteroatoms. The molecule has 4 nitrogen and oxygen atoms in total. The highest BCUT2D eigenvalue weighted by Gasteiger charge is 2.25. The predicted molar refractivity (Wildman–Crippen MR) is 151 cm³/mol. The lowest BCUT2D eigenvalue weighted by molar-refractivity contribution is 0.0697. The van der Waals surface area contributed by atoms with Crippen molar-refractivity contribution in [2.45, 2.75) is 38.2 Å². The first-order chi connectivity index (χ1) is 18.4. The second-order valence-corrected chi connectivity index (χ2v) is 10.7. The summed E-state index contributed by atoms with van der Waals surface area (Å²) >= 11 is 12.7. The normalized spacial score (nSPS) is 17.6. The quantitative estimate of drug-likeness (QED) is 0.307. The molecule has 2 aliphatic rings. The molecule has 1 N–H and O–H groups in total. The van der Waals surface area contributed by atoms with Crippen molar-refractivity contribution < 1.29 is 19.0 Å². The van der Waals surface area contributed by atoms with Gasteiger partial charge in [-0.05, 0) is 84.7 Å². The summed E-state index contributed by atoms with van der Waals surface area (Å²) in [4.78, 5) is 14.5. The molecule has 0 aromatic heterocycles. The number of ether oxygens (including phenoxy) is 1. The van der Waals surface area contributed by atoms with Crippen LogP contribution in [0.25, 0.3) is 16.7 Å². The zero-order valence-electron chi connectivity index (χ0n) is 21.1. The highest BCUT2D eigenvalue weighted by Crippen LogP contribution is 2.41. The molecule has 38 heavy (non-hydrogen) atoms. The van der Waals surface area contributed by atoms with Crippen LogP contribution in [0.2, 0.25) is 10.0 Å². The van der Waals surface area contributed by atoms with Gasteiger partial charge in [0.15, 0.2) is 0 Å². The van der Waals surface area contributed by atoms with Crippen molar-refractivity contribution in [1.29, 1.82) is 0 Å². The minimum absolute atomic E-state index is 0.111. The van der Waals surface area contributed by atoms with Crippen LogP contribution in [0, 0.1) is 0 Å². The number of hydrogen-bond acceptors (Lipinski definition) is 3. The number of hydrogen-bond donors (Lipinski definition) is 1. The minimum Gasteiger partial charge on any atom is -0.489 e. The van der Waals surface area contributed by atoms with Crippen molar-refractivity contribution in [2.75, 3.05) is 26.3 Å². The molecule has 1 aliphatic heterocycles. The average Bonchev–Trinajstić information content (AvgIpc) is 3.23. The Hall–Kier alpha value is -2.86. The number of carbonyl (C=O) groups is 1. The number of nitrogens with zero attached hydrogens (tertiary/aromatic N) is 1. The van der Waals surface area contributed by atoms with E-state index in [1.54, 1.807) is 24.3 Å². The van der Waals surface area contributed by atoms with Gasteiger partial charge in [0.25, 0.3) is 0 Å². The second-order valence-electron chi connectivity index (χ2n) is 9.85. The Morgan fingerprint density at radius 3 is 2.61 bits per heavy atom. The lowest BCUT2D eigenvalue weighted by atomic mass is 9.85. The van der Waals surface area contributed by atoms with Gasteiger partial charge in [-0.2, -0.15) is 0 Å². The molecule has 0 radical (unpaired) electrons. The van der Waals surface area contributed by atoms with Crippen molar-refractivity contribution in [3.63, 3.8) is 0 Å². The molecule has 0 saturated carbocycles. The first kappa shape index (κ1) is 26.7. The zero-order valence-corrected chi connectivity index (χ0v) is 22.6. The summed E-state index contributed by atoms with van der Waals surface area (Å²) in [6.45, 7) is 2.25. The molecule has 0 unspecified atom stereocenters. The van der Waals surface area contributed by atoms with E-state index in [0.717, 1.165) is 73.3 Å². The molecule has 198 valence electrons. The number of alkyl halides is 1. The Labute approximate surface area is 232 Å². The van der Waals surface area contributed by atoms with Gasteiger partial charge in [-0.15, -0.1) is 0 Å². The van der Waals surface area contributed by atoms with Crippen LogP contribution in [-0.4, -0.2) is 48.4 Å². The van der Waals surface area contributed by atoms with E-state index in [4.69, 9.17) is 27.9 Å². The van der Waals surface area contributed by atoms with Gasteiger partial charge in [0, 0.05) is 40.8 Å². The van der Waals surface area contributed by atoms with E-state index in [1.807, 2.05) is 18.2 Å². The van der Waals surface area contributed by atoms with E-state index >= 15 is 0 Å². The van der Waals surface area contributed by atoms with Gasteiger partial charge in [0.1, 0.15) is 11.9 Å². The summed E-state index contributed by atoms with van der Waals surface area (Å²) in [6.07, 6.45) is 6.38. The number of aromatic carboxylic acids is 1. The van der Waals surface area contributed by atoms with Gasteiger partial charge in [0.2, 0.25) is 0 Å². The van der Waals surface area contributed by atoms with Gasteiger partial charge >= 0.3 is 5.97 Å². The van der Waals surface area contributed by atoms with E-state index in [0.29, 0.717) is 27.6 Å². The minimum atomic E-state index is -0.986. The van der Waals surface area contributed by atoms with E-state index in [-0.39, 0.29) is 18.3 Å². The smallest absolute Gasteiger partial charge is 0.336 e. The van der Waals surface area contributed by atoms with Crippen LogP contribution < -0.4 is 4.74 Å². The maximum Gasteiger partial charge on any atom is 0.336 e. The molecule has 5 rings (SSSR count). The highest BCUT2D eigenvalue weighted by atomic mass is 35.5. The van der Waals surface area contributed by atoms with E-state index in [2.05, 4.69) is 23.1 Å². The van der Waals surface area contributed by atoms with Crippen molar-refractivity contribution in [2.24, 2.45) is 0 Å². The van der Waals surface area contributed by atoms with Crippen molar-refractivity contribution in [3.8, 4) is 16.9 Å². The summed E-state index contributed by atoms with van der Waals surface area (Å²) in [7, 11) is 0. The topological polar surface area (TPSA) is 49.8 Å². The Balaban J connectivity index is 1.45. The highest BCUT2D eigenvalue weighted by molar-refractivity contribution is 6.36. The van der Waals surface area contributed by atoms with Gasteiger partial charge in [0.05, 0.1) is 12.2 Å². The molecule has 0 amide bonds. The summed E-state index contributed by atoms with van der Waals surface area (Å²) in [5, 5.41) is 11.0. The van der Waals surface area contributed by atoms with Crippen LogP contribution in [0.1, 0.15) is 52.7 Å². The fourth-order valence-electron chi connectivity index (χ4n) is 5.53. The summed E-state index contributed by atoms with van der Waals surface area (Å²) < 4.78 is 18.7. The number of benzene rings is 3. The molecular formula is C31H30Cl2FNO3. The standard InChI is InChI=1S/C31H30Cl2FNO3/c32-21-8-11-27(29(33)18-21)30-26-5-2-1-4-24(25(26)12-13-28(30)31(36)37)20-6-9-22(10-7-20)38-23-14-17-35(19-23)16-3-15-34/h4,6-13,18,23H,1-3,5,14-17,19H2,(H,36,37)/t23-/m0/s1. The van der Waals surface area contributed by atoms with Crippen molar-refractivity contribution >= 4 is 34.7 Å². The number of fused-ring (bicyclic) bond motifs is 1. The SMILES string of the molecule is O=C(O)c1ccc2c(c1-c1ccc(Cl)cc1Cl)CCCC=C2c1ccc(O[C@H]2CCN(CCCF)C2)cc1. The molecule has 0 bridgehead atoms. The van der Waals surface area contributed by atoms with Gasteiger partial charge in [-0.1, -0.05) is 53.5 Å². The largest absolute Gasteiger partial charge is 0.489 e. The first-order valence-electron chi connectivity index (χ1n) is 13.0. The van der Waals surface area contributed by atoms with Crippen LogP contribution in [-0.2, 0) is 6.42 Å². The fraction of sp³-hybridized carbons (Fsp3) is 0.323. The van der Waals surface area contributed by atoms with Crippen molar-refractivity contribution in [1.82, 2.24) is 4.90 Å². The third-order valence-corrected chi connectivity index (χ3v) is 7.87. The Kier molecular flexibility index (Phi) is 8.37. The molecule has 1 saturated heterocycles. The van der Waals surface area contributed by atoms with Crippen molar-refractivity contribution in [3.05, 3.63) is 93.0 Å². The van der Waals surface area contributed by atoms with Gasteiger partial charge in [-0.25, -0.2) is 4.79 Å². The lowest BCUT2D eigenvalue weighted by Crippen LogP contribution is -2.26. The zero-order chi connectivity index (χ0) is 26.6. The average molecular weight is 554 g/mol. The third kappa shape index (κ3) is 5.75. The van der Waals surface area contributed by atoms with E-state index < -0.39 is 5.97 Å². The summed E-state index contributed by atoms with van der Waals surface area (Å²) in [5.74, 6) is -0.171. The molecule has 1 aliphatic carbocycles. The number of likely N-dealkylation sites (tertiary alicyclic amines) is 1. The maximum atomic E-state index is 12.5. The van der Waals surface area contributed by atoms with Crippen LogP contribution in [0.3, 0.4) is 0 Å². The number of allylic oxidation sites excluding steroid dienone is 1. The maximum absolute atomic E-state index is 12.5. The van der Waals surface area contributed by atoms with Crippen LogP contribution >= 0.6 is 23.2 Å². The number of halogens is 3. The van der Waals surface area contributed by atoms with Gasteiger partial charge < -0.3 is 9.84 Å². The predicted octanol–water partition coefficient (Wildman–Crippen LogP) is 7.94. The number of carboxylic acid groups (broad SMARTS) is 1. The van der Waals surface area contributed by atoms with E-state index in [1.165, 1.54) is 0 Å². The monoisotopic (exact) mass is 553 g/mol. The molecule has 1 atom stereocenters. The molecule has 1 fully saturated rings. The van der Waals surface area contributed by atoms with Gasteiger partial charge in [-0.3, -0.25) is 9.29 Å². The molecule has 3 aromatic carbocycles. The molecule has 1 heterocycles. The Bertz CT molecular complexity index is 1360. The summed E-state index contributed by atoms with van der Waals surface area (Å²) in [5.41, 5.74) is 5.68. The first-order valence-corrected chi connectivity index (χ1v) is 13.8. The van der Waals surface area contributed by atoms with Crippen LogP contribution in [0.4, 0.5) is 4.39 Å². The molecule has 0 spiro atoms. The summed E-state index contributed by atoms with van der Waals surface area (Å²) in [6, 6.07) is 16.9. The van der Waals surface area contributed by atoms with E-state index in [9.17, 15) is 14.3 Å². The Morgan fingerprint density at radius 2 is 1.87 bits per heavy atom. The number of rotatable bonds is 8. The fourth-order valence-corrected chi connectivity index (χ4v) is 6.03. The van der Waals surface area contributed by atoms with Crippen LogP contribution in [0.5, 0.6) is 5.75 Å². The Morgan fingerprint density at radius 1 is 1.08 bits per heavy atom. The lowest BCUT2D eigenvalue weighted by Gasteiger charge is -2.20. The second kappa shape index (κ2) is 11.9.